The van der Waals surface area contributed by atoms with Crippen molar-refractivity contribution in [1.82, 2.24) is 4.31 Å². The topological polar surface area (TPSA) is 72.6 Å². The van der Waals surface area contributed by atoms with Gasteiger partial charge in [-0.3, -0.25) is 0 Å². The minimum absolute atomic E-state index is 0. The zero-order valence-electron chi connectivity index (χ0n) is 11.4. The normalized spacial score (nSPS) is 17.8. The van der Waals surface area contributed by atoms with Crippen LogP contribution in [0.15, 0.2) is 29.2 Å². The van der Waals surface area contributed by atoms with Crippen molar-refractivity contribution in [3.8, 4) is 5.75 Å². The summed E-state index contributed by atoms with van der Waals surface area (Å²) in [6.45, 7) is 0.369. The molecule has 0 spiro atoms. The molecule has 0 bridgehead atoms. The Morgan fingerprint density at radius 3 is 2.27 bits per heavy atom. The van der Waals surface area contributed by atoms with Crippen LogP contribution in [0.4, 0.5) is 13.2 Å². The molecule has 10 heteroatoms. The first kappa shape index (κ1) is 19.0. The molecule has 2 rings (SSSR count). The molecule has 0 atom stereocenters. The number of para-hydroxylation sites is 1. The van der Waals surface area contributed by atoms with E-state index in [1.807, 2.05) is 0 Å². The Kier molecular flexibility index (Phi) is 6.08. The van der Waals surface area contributed by atoms with Crippen molar-refractivity contribution in [2.75, 3.05) is 13.1 Å². The van der Waals surface area contributed by atoms with Gasteiger partial charge in [-0.1, -0.05) is 12.1 Å². The third kappa shape index (κ3) is 4.48. The molecule has 0 radical (unpaired) electrons. The van der Waals surface area contributed by atoms with Crippen LogP contribution in [0.2, 0.25) is 0 Å². The maximum absolute atomic E-state index is 12.4. The first-order valence-electron chi connectivity index (χ1n) is 6.30. The van der Waals surface area contributed by atoms with Crippen LogP contribution in [0.25, 0.3) is 0 Å². The summed E-state index contributed by atoms with van der Waals surface area (Å²) >= 11 is 0. The number of benzene rings is 1. The number of ether oxygens (including phenoxy) is 1. The second kappa shape index (κ2) is 7.03. The quantitative estimate of drug-likeness (QED) is 0.896. The number of nitrogens with two attached hydrogens (primary N) is 1. The van der Waals surface area contributed by atoms with Gasteiger partial charge in [-0.2, -0.15) is 4.31 Å². The summed E-state index contributed by atoms with van der Waals surface area (Å²) in [5.74, 6) is -0.722. The van der Waals surface area contributed by atoms with Gasteiger partial charge in [-0.25, -0.2) is 8.42 Å². The lowest BCUT2D eigenvalue weighted by Gasteiger charge is -2.29. The standard InChI is InChI=1S/C12H15F3N2O3S.ClH/c13-12(14,15)20-10-3-1-2-4-11(10)21(18,19)17-7-5-9(16)6-8-17;/h1-4,9H,5-8,16H2;1H. The molecule has 1 fully saturated rings. The molecule has 0 aromatic heterocycles. The van der Waals surface area contributed by atoms with Crippen LogP contribution in [-0.2, 0) is 10.0 Å². The first-order valence-corrected chi connectivity index (χ1v) is 7.74. The Balaban J connectivity index is 0.00000242. The van der Waals surface area contributed by atoms with Crippen LogP contribution in [0.1, 0.15) is 12.8 Å². The molecule has 0 unspecified atom stereocenters. The van der Waals surface area contributed by atoms with Crippen molar-refractivity contribution in [3.05, 3.63) is 24.3 Å². The number of nitrogens with zero attached hydrogens (tertiary/aromatic N) is 1. The number of halogens is 4. The van der Waals surface area contributed by atoms with Crippen molar-refractivity contribution >= 4 is 22.4 Å². The lowest BCUT2D eigenvalue weighted by Crippen LogP contribution is -2.42. The van der Waals surface area contributed by atoms with E-state index >= 15 is 0 Å². The second-order valence-corrected chi connectivity index (χ2v) is 6.64. The van der Waals surface area contributed by atoms with E-state index in [9.17, 15) is 21.6 Å². The van der Waals surface area contributed by atoms with Gasteiger partial charge >= 0.3 is 6.36 Å². The molecule has 1 saturated heterocycles. The molecule has 0 saturated carbocycles. The Morgan fingerprint density at radius 1 is 1.18 bits per heavy atom. The molecule has 1 aliphatic rings. The molecular weight excluding hydrogens is 345 g/mol. The molecule has 1 heterocycles. The highest BCUT2D eigenvalue weighted by Gasteiger charge is 2.36. The molecular formula is C12H16ClF3N2O3S. The van der Waals surface area contributed by atoms with Gasteiger partial charge < -0.3 is 10.5 Å². The smallest absolute Gasteiger partial charge is 0.404 e. The van der Waals surface area contributed by atoms with Gasteiger partial charge in [-0.05, 0) is 25.0 Å². The van der Waals surface area contributed by atoms with E-state index in [-0.39, 0.29) is 31.5 Å². The van der Waals surface area contributed by atoms with Crippen LogP contribution < -0.4 is 10.5 Å². The van der Waals surface area contributed by atoms with Gasteiger partial charge in [0.05, 0.1) is 0 Å². The number of alkyl halides is 3. The van der Waals surface area contributed by atoms with Crippen LogP contribution in [0, 0.1) is 0 Å². The number of piperidine rings is 1. The highest BCUT2D eigenvalue weighted by atomic mass is 35.5. The maximum Gasteiger partial charge on any atom is 0.573 e. The van der Waals surface area contributed by atoms with E-state index in [0.29, 0.717) is 12.8 Å². The summed E-state index contributed by atoms with van der Waals surface area (Å²) in [5, 5.41) is 0. The molecule has 0 amide bonds. The second-order valence-electron chi connectivity index (χ2n) is 4.74. The van der Waals surface area contributed by atoms with Crippen LogP contribution in [0.5, 0.6) is 5.75 Å². The first-order chi connectivity index (χ1) is 9.70. The molecule has 0 aliphatic carbocycles. The zero-order valence-corrected chi connectivity index (χ0v) is 13.0. The molecule has 126 valence electrons. The molecule has 1 aromatic rings. The third-order valence-corrected chi connectivity index (χ3v) is 5.13. The Labute approximate surface area is 132 Å². The molecule has 2 N–H and O–H groups in total. The van der Waals surface area contributed by atoms with Crippen molar-refractivity contribution in [2.24, 2.45) is 5.73 Å². The number of rotatable bonds is 3. The average Bonchev–Trinajstić information content (AvgIpc) is 2.37. The highest BCUT2D eigenvalue weighted by molar-refractivity contribution is 7.89. The van der Waals surface area contributed by atoms with Crippen LogP contribution >= 0.6 is 12.4 Å². The monoisotopic (exact) mass is 360 g/mol. The number of hydrogen-bond acceptors (Lipinski definition) is 4. The van der Waals surface area contributed by atoms with Gasteiger partial charge in [0.15, 0.2) is 0 Å². The highest BCUT2D eigenvalue weighted by Crippen LogP contribution is 2.32. The molecule has 1 aliphatic heterocycles. The van der Waals surface area contributed by atoms with Gasteiger partial charge in [0.25, 0.3) is 0 Å². The van der Waals surface area contributed by atoms with Crippen molar-refractivity contribution in [2.45, 2.75) is 30.1 Å². The average molecular weight is 361 g/mol. The number of hydrogen-bond donors (Lipinski definition) is 1. The predicted molar refractivity (Wildman–Crippen MR) is 76.3 cm³/mol. The molecule has 5 nitrogen and oxygen atoms in total. The Bertz CT molecular complexity index is 602. The summed E-state index contributed by atoms with van der Waals surface area (Å²) in [7, 11) is -4.04. The van der Waals surface area contributed by atoms with E-state index in [4.69, 9.17) is 5.73 Å². The van der Waals surface area contributed by atoms with Gasteiger partial charge in [0, 0.05) is 19.1 Å². The van der Waals surface area contributed by atoms with Crippen molar-refractivity contribution in [3.63, 3.8) is 0 Å². The fourth-order valence-electron chi connectivity index (χ4n) is 2.13. The van der Waals surface area contributed by atoms with E-state index in [2.05, 4.69) is 4.74 Å². The Hall–Kier alpha value is -1.03. The number of sulfonamides is 1. The summed E-state index contributed by atoms with van der Waals surface area (Å²) in [5.41, 5.74) is 5.70. The maximum atomic E-state index is 12.4. The van der Waals surface area contributed by atoms with E-state index in [1.165, 1.54) is 12.1 Å². The summed E-state index contributed by atoms with van der Waals surface area (Å²) < 4.78 is 66.9. The summed E-state index contributed by atoms with van der Waals surface area (Å²) in [6.07, 6.45) is -4.00. The molecule has 1 aromatic carbocycles. The van der Waals surface area contributed by atoms with E-state index in [1.54, 1.807) is 0 Å². The third-order valence-electron chi connectivity index (χ3n) is 3.19. The molecule has 22 heavy (non-hydrogen) atoms. The van der Waals surface area contributed by atoms with Crippen LogP contribution in [0.3, 0.4) is 0 Å². The fraction of sp³-hybridized carbons (Fsp3) is 0.500. The largest absolute Gasteiger partial charge is 0.573 e. The lowest BCUT2D eigenvalue weighted by molar-refractivity contribution is -0.275. The van der Waals surface area contributed by atoms with Gasteiger partial charge in [-0.15, -0.1) is 25.6 Å². The minimum Gasteiger partial charge on any atom is -0.404 e. The predicted octanol–water partition coefficient (Wildman–Crippen LogP) is 2.12. The SMILES string of the molecule is Cl.NC1CCN(S(=O)(=O)c2ccccc2OC(F)(F)F)CC1. The van der Waals surface area contributed by atoms with E-state index in [0.717, 1.165) is 16.4 Å². The zero-order chi connectivity index (χ0) is 15.7. The van der Waals surface area contributed by atoms with Crippen molar-refractivity contribution in [1.29, 1.82) is 0 Å². The van der Waals surface area contributed by atoms with Crippen molar-refractivity contribution < 1.29 is 26.3 Å². The van der Waals surface area contributed by atoms with Gasteiger partial charge in [0.1, 0.15) is 10.6 Å². The van der Waals surface area contributed by atoms with E-state index < -0.39 is 27.0 Å². The summed E-state index contributed by atoms with van der Waals surface area (Å²) in [6, 6.07) is 4.64. The Morgan fingerprint density at radius 2 is 1.73 bits per heavy atom. The lowest BCUT2D eigenvalue weighted by atomic mass is 10.1. The fourth-order valence-corrected chi connectivity index (χ4v) is 3.71. The van der Waals surface area contributed by atoms with Crippen LogP contribution in [-0.4, -0.2) is 38.2 Å². The summed E-state index contributed by atoms with van der Waals surface area (Å²) in [4.78, 5) is -0.488. The van der Waals surface area contributed by atoms with Gasteiger partial charge in [0.2, 0.25) is 10.0 Å². The minimum atomic E-state index is -4.95.